The maximum Gasteiger partial charge on any atom is 0.291 e. The first kappa shape index (κ1) is 18.8. The number of nitrogens with zero attached hydrogens (tertiary/aromatic N) is 3. The second-order valence-electron chi connectivity index (χ2n) is 6.59. The van der Waals surface area contributed by atoms with Gasteiger partial charge < -0.3 is 4.74 Å². The van der Waals surface area contributed by atoms with Crippen LogP contribution in [-0.4, -0.2) is 21.2 Å². The zero-order valence-corrected chi connectivity index (χ0v) is 17.5. The summed E-state index contributed by atoms with van der Waals surface area (Å²) in [4.78, 5) is 18.9. The molecular weight excluding hydrogens is 390 g/mol. The summed E-state index contributed by atoms with van der Waals surface area (Å²) in [5.41, 5.74) is 1.92. The summed E-state index contributed by atoms with van der Waals surface area (Å²) in [6.07, 6.45) is 5.34. The van der Waals surface area contributed by atoms with E-state index in [1.165, 1.54) is 34.3 Å². The van der Waals surface area contributed by atoms with Crippen LogP contribution in [0.3, 0.4) is 0 Å². The highest BCUT2D eigenvalue weighted by atomic mass is 32.1. The van der Waals surface area contributed by atoms with Crippen molar-refractivity contribution < 1.29 is 4.74 Å². The minimum Gasteiger partial charge on any atom is -0.494 e. The van der Waals surface area contributed by atoms with Gasteiger partial charge in [-0.3, -0.25) is 4.79 Å². The third kappa shape index (κ3) is 3.86. The second kappa shape index (κ2) is 8.24. The minimum absolute atomic E-state index is 0.123. The summed E-state index contributed by atoms with van der Waals surface area (Å²) in [6.45, 7) is 4.95. The van der Waals surface area contributed by atoms with E-state index in [1.807, 2.05) is 48.7 Å². The Balaban J connectivity index is 1.56. The Morgan fingerprint density at radius 2 is 2.00 bits per heavy atom. The third-order valence-electron chi connectivity index (χ3n) is 4.47. The van der Waals surface area contributed by atoms with E-state index in [-0.39, 0.29) is 5.56 Å². The maximum atomic E-state index is 12.7. The fourth-order valence-corrected chi connectivity index (χ4v) is 4.67. The van der Waals surface area contributed by atoms with Gasteiger partial charge in [-0.1, -0.05) is 31.1 Å². The van der Waals surface area contributed by atoms with Gasteiger partial charge in [-0.2, -0.15) is 9.50 Å². The van der Waals surface area contributed by atoms with E-state index < -0.39 is 0 Å². The highest BCUT2D eigenvalue weighted by Gasteiger charge is 2.12. The van der Waals surface area contributed by atoms with E-state index in [1.54, 1.807) is 11.3 Å². The molecule has 0 saturated heterocycles. The lowest BCUT2D eigenvalue weighted by Crippen LogP contribution is -2.23. The molecule has 28 heavy (non-hydrogen) atoms. The topological polar surface area (TPSA) is 56.5 Å². The van der Waals surface area contributed by atoms with E-state index in [0.717, 1.165) is 29.2 Å². The molecule has 5 nitrogen and oxygen atoms in total. The number of thiazole rings is 1. The van der Waals surface area contributed by atoms with E-state index in [0.29, 0.717) is 15.3 Å². The number of aromatic nitrogens is 3. The fraction of sp³-hybridized carbons (Fsp3) is 0.286. The molecule has 0 spiro atoms. The predicted octanol–water partition coefficient (Wildman–Crippen LogP) is 4.30. The van der Waals surface area contributed by atoms with Gasteiger partial charge in [-0.05, 0) is 60.7 Å². The largest absolute Gasteiger partial charge is 0.494 e. The van der Waals surface area contributed by atoms with Gasteiger partial charge in [0.05, 0.1) is 11.1 Å². The van der Waals surface area contributed by atoms with Crippen LogP contribution >= 0.6 is 22.7 Å². The van der Waals surface area contributed by atoms with Crippen LogP contribution in [0.25, 0.3) is 22.4 Å². The average molecular weight is 412 g/mol. The first-order valence-electron chi connectivity index (χ1n) is 9.34. The Kier molecular flexibility index (Phi) is 5.54. The van der Waals surface area contributed by atoms with Crippen LogP contribution in [0.5, 0.6) is 5.75 Å². The fourth-order valence-electron chi connectivity index (χ4n) is 2.85. The van der Waals surface area contributed by atoms with Crippen molar-refractivity contribution in [3.8, 4) is 17.1 Å². The molecule has 0 saturated carbocycles. The van der Waals surface area contributed by atoms with Gasteiger partial charge in [-0.25, -0.2) is 0 Å². The lowest BCUT2D eigenvalue weighted by molar-refractivity contribution is 0.306. The molecule has 144 valence electrons. The number of hydrogen-bond acceptors (Lipinski definition) is 6. The number of rotatable bonds is 7. The number of thiophene rings is 1. The van der Waals surface area contributed by atoms with Crippen molar-refractivity contribution >= 4 is 33.7 Å². The van der Waals surface area contributed by atoms with E-state index in [4.69, 9.17) is 4.74 Å². The molecule has 4 aromatic rings. The minimum atomic E-state index is -0.123. The van der Waals surface area contributed by atoms with Gasteiger partial charge in [-0.15, -0.1) is 16.4 Å². The number of ether oxygens (including phenoxy) is 1. The first-order valence-corrected chi connectivity index (χ1v) is 11.0. The number of benzene rings is 1. The Morgan fingerprint density at radius 3 is 2.68 bits per heavy atom. The lowest BCUT2D eigenvalue weighted by Gasteiger charge is -2.05. The summed E-state index contributed by atoms with van der Waals surface area (Å²) in [5, 5.41) is 6.44. The summed E-state index contributed by atoms with van der Waals surface area (Å²) in [5.74, 6) is 1.40. The monoisotopic (exact) mass is 411 g/mol. The quantitative estimate of drug-likeness (QED) is 0.425. The summed E-state index contributed by atoms with van der Waals surface area (Å²) in [7, 11) is 0. The van der Waals surface area contributed by atoms with Gasteiger partial charge in [0.2, 0.25) is 4.96 Å². The molecule has 3 aromatic heterocycles. The van der Waals surface area contributed by atoms with E-state index >= 15 is 0 Å². The molecule has 0 bridgehead atoms. The molecule has 0 aliphatic rings. The van der Waals surface area contributed by atoms with Gasteiger partial charge >= 0.3 is 0 Å². The normalized spacial score (nSPS) is 12.1. The highest BCUT2D eigenvalue weighted by molar-refractivity contribution is 7.15. The van der Waals surface area contributed by atoms with Crippen LogP contribution in [0.2, 0.25) is 0 Å². The summed E-state index contributed by atoms with van der Waals surface area (Å²) >= 11 is 2.99. The molecular formula is C21H21N3O2S2. The molecule has 1 aromatic carbocycles. The number of fused-ring (bicyclic) bond motifs is 1. The molecule has 0 unspecified atom stereocenters. The third-order valence-corrected chi connectivity index (χ3v) is 6.40. The van der Waals surface area contributed by atoms with E-state index in [2.05, 4.69) is 17.0 Å². The molecule has 0 radical (unpaired) electrons. The van der Waals surface area contributed by atoms with Crippen LogP contribution in [0, 0.1) is 6.92 Å². The van der Waals surface area contributed by atoms with Crippen LogP contribution in [0.1, 0.15) is 36.6 Å². The zero-order valence-electron chi connectivity index (χ0n) is 15.8. The first-order chi connectivity index (χ1) is 13.7. The van der Waals surface area contributed by atoms with Crippen LogP contribution < -0.4 is 14.8 Å². The van der Waals surface area contributed by atoms with Crippen LogP contribution in [0.15, 0.2) is 40.5 Å². The van der Waals surface area contributed by atoms with Gasteiger partial charge in [0, 0.05) is 10.4 Å². The molecule has 0 N–H and O–H groups in total. The molecule has 3 heterocycles. The Morgan fingerprint density at radius 1 is 1.18 bits per heavy atom. The molecule has 0 fully saturated rings. The van der Waals surface area contributed by atoms with Gasteiger partial charge in [0.1, 0.15) is 5.75 Å². The number of aryl methyl sites for hydroxylation is 1. The standard InChI is InChI=1S/C21H21N3O2S2/c1-3-4-5-11-26-16-8-6-15(7-9-16)19-22-21-24(23-19)20(25)18(28-21)13-17-14(2)10-12-27-17/h6-10,12-13H,3-5,11H2,1-2H3. The summed E-state index contributed by atoms with van der Waals surface area (Å²) in [6, 6.07) is 9.76. The molecule has 7 heteroatoms. The van der Waals surface area contributed by atoms with Crippen molar-refractivity contribution in [1.29, 1.82) is 0 Å². The lowest BCUT2D eigenvalue weighted by atomic mass is 10.2. The van der Waals surface area contributed by atoms with Gasteiger partial charge in [0.15, 0.2) is 5.82 Å². The second-order valence-corrected chi connectivity index (χ2v) is 8.55. The van der Waals surface area contributed by atoms with Crippen molar-refractivity contribution in [3.63, 3.8) is 0 Å². The molecule has 0 aliphatic carbocycles. The summed E-state index contributed by atoms with van der Waals surface area (Å²) < 4.78 is 7.79. The molecule has 4 rings (SSSR count). The molecule has 0 amide bonds. The average Bonchev–Trinajstić information content (AvgIpc) is 3.38. The Bertz CT molecular complexity index is 1190. The zero-order chi connectivity index (χ0) is 19.5. The van der Waals surface area contributed by atoms with Crippen LogP contribution in [-0.2, 0) is 0 Å². The predicted molar refractivity (Wildman–Crippen MR) is 115 cm³/mol. The van der Waals surface area contributed by atoms with E-state index in [9.17, 15) is 4.79 Å². The molecule has 0 aliphatic heterocycles. The number of hydrogen-bond donors (Lipinski definition) is 0. The van der Waals surface area contributed by atoms with Crippen LogP contribution in [0.4, 0.5) is 0 Å². The smallest absolute Gasteiger partial charge is 0.291 e. The van der Waals surface area contributed by atoms with Crippen molar-refractivity contribution in [2.45, 2.75) is 33.1 Å². The van der Waals surface area contributed by atoms with Crippen molar-refractivity contribution in [2.24, 2.45) is 0 Å². The van der Waals surface area contributed by atoms with Crippen molar-refractivity contribution in [3.05, 3.63) is 61.0 Å². The van der Waals surface area contributed by atoms with Crippen molar-refractivity contribution in [1.82, 2.24) is 14.6 Å². The maximum absolute atomic E-state index is 12.7. The molecule has 0 atom stereocenters. The Labute approximate surface area is 170 Å². The SMILES string of the molecule is CCCCCOc1ccc(-c2nc3sc(=Cc4sccc4C)c(=O)n3n2)cc1. The highest BCUT2D eigenvalue weighted by Crippen LogP contribution is 2.21. The van der Waals surface area contributed by atoms with Crippen molar-refractivity contribution in [2.75, 3.05) is 6.61 Å². The number of unbranched alkanes of at least 4 members (excludes halogenated alkanes) is 2. The van der Waals surface area contributed by atoms with Gasteiger partial charge in [0.25, 0.3) is 5.56 Å². The Hall–Kier alpha value is -2.51.